The van der Waals surface area contributed by atoms with Crippen LogP contribution in [0, 0.1) is 0 Å². The van der Waals surface area contributed by atoms with Crippen LogP contribution in [0.15, 0.2) is 34.9 Å². The number of aromatic nitrogens is 2. The fourth-order valence-electron chi connectivity index (χ4n) is 2.40. The van der Waals surface area contributed by atoms with E-state index < -0.39 is 0 Å². The normalized spacial score (nSPS) is 17.9. The van der Waals surface area contributed by atoms with Gasteiger partial charge in [-0.2, -0.15) is 4.98 Å². The molecule has 0 bridgehead atoms. The Morgan fingerprint density at radius 2 is 2.11 bits per heavy atom. The number of rotatable bonds is 1. The highest BCUT2D eigenvalue weighted by atomic mass is 79.9. The Morgan fingerprint density at radius 3 is 2.89 bits per heavy atom. The number of anilines is 3. The van der Waals surface area contributed by atoms with Crippen molar-refractivity contribution in [2.75, 3.05) is 10.6 Å². The zero-order valence-corrected chi connectivity index (χ0v) is 11.6. The summed E-state index contributed by atoms with van der Waals surface area (Å²) in [6.45, 7) is 2.17. The number of nitrogens with zero attached hydrogens (tertiary/aromatic N) is 3. The molecule has 2 heterocycles. The summed E-state index contributed by atoms with van der Waals surface area (Å²) in [4.78, 5) is 10.9. The Morgan fingerprint density at radius 1 is 1.33 bits per heavy atom. The third-order valence-corrected chi connectivity index (χ3v) is 3.53. The maximum atomic E-state index is 5.78. The summed E-state index contributed by atoms with van der Waals surface area (Å²) in [5, 5.41) is 0. The van der Waals surface area contributed by atoms with Crippen molar-refractivity contribution in [2.45, 2.75) is 19.4 Å². The fraction of sp³-hybridized carbons (Fsp3) is 0.231. The van der Waals surface area contributed by atoms with E-state index in [1.54, 1.807) is 6.07 Å². The van der Waals surface area contributed by atoms with Gasteiger partial charge in [-0.05, 0) is 40.9 Å². The lowest BCUT2D eigenvalue weighted by atomic mass is 10.1. The summed E-state index contributed by atoms with van der Waals surface area (Å²) in [6, 6.07) is 10.4. The van der Waals surface area contributed by atoms with Crippen molar-refractivity contribution in [3.8, 4) is 0 Å². The monoisotopic (exact) mass is 304 g/mol. The summed E-state index contributed by atoms with van der Waals surface area (Å²) < 4.78 is 0.710. The van der Waals surface area contributed by atoms with Crippen LogP contribution in [0.1, 0.15) is 12.5 Å². The number of para-hydroxylation sites is 1. The van der Waals surface area contributed by atoms with Crippen molar-refractivity contribution in [2.24, 2.45) is 0 Å². The molecule has 92 valence electrons. The van der Waals surface area contributed by atoms with Crippen molar-refractivity contribution in [1.82, 2.24) is 9.97 Å². The smallest absolute Gasteiger partial charge is 0.233 e. The third-order valence-electron chi connectivity index (χ3n) is 3.13. The predicted octanol–water partition coefficient (Wildman–Crippen LogP) is 2.90. The van der Waals surface area contributed by atoms with Crippen LogP contribution < -0.4 is 10.6 Å². The second kappa shape index (κ2) is 4.24. The highest BCUT2D eigenvalue weighted by Gasteiger charge is 2.28. The topological polar surface area (TPSA) is 55.0 Å². The largest absolute Gasteiger partial charge is 0.383 e. The lowest BCUT2D eigenvalue weighted by Crippen LogP contribution is -2.26. The van der Waals surface area contributed by atoms with Crippen LogP contribution in [-0.2, 0) is 6.42 Å². The van der Waals surface area contributed by atoms with Gasteiger partial charge >= 0.3 is 0 Å². The molecule has 3 rings (SSSR count). The lowest BCUT2D eigenvalue weighted by molar-refractivity contribution is 0.739. The van der Waals surface area contributed by atoms with Gasteiger partial charge in [0.2, 0.25) is 5.95 Å². The van der Waals surface area contributed by atoms with Crippen molar-refractivity contribution < 1.29 is 0 Å². The van der Waals surface area contributed by atoms with Gasteiger partial charge in [0.25, 0.3) is 0 Å². The first-order valence-corrected chi connectivity index (χ1v) is 6.61. The standard InChI is InChI=1S/C13H13BrN4/c1-8-6-9-4-2-3-5-10(9)18(8)13-16-11(14)7-12(15)17-13/h2-5,7-8H,6H2,1H3,(H2,15,16,17). The minimum atomic E-state index is 0.344. The van der Waals surface area contributed by atoms with Crippen LogP contribution in [0.4, 0.5) is 17.5 Å². The molecule has 1 unspecified atom stereocenters. The average molecular weight is 305 g/mol. The van der Waals surface area contributed by atoms with E-state index in [-0.39, 0.29) is 0 Å². The van der Waals surface area contributed by atoms with Crippen molar-refractivity contribution in [3.63, 3.8) is 0 Å². The molecule has 0 fully saturated rings. The molecule has 2 aromatic rings. The number of benzene rings is 1. The van der Waals surface area contributed by atoms with E-state index in [4.69, 9.17) is 5.73 Å². The first kappa shape index (κ1) is 11.5. The average Bonchev–Trinajstić information content (AvgIpc) is 2.63. The lowest BCUT2D eigenvalue weighted by Gasteiger charge is -2.22. The Hall–Kier alpha value is -1.62. The molecule has 1 aliphatic heterocycles. The van der Waals surface area contributed by atoms with E-state index in [0.29, 0.717) is 22.4 Å². The minimum Gasteiger partial charge on any atom is -0.383 e. The quantitative estimate of drug-likeness (QED) is 0.823. The fourth-order valence-corrected chi connectivity index (χ4v) is 2.79. The van der Waals surface area contributed by atoms with Crippen LogP contribution in [-0.4, -0.2) is 16.0 Å². The highest BCUT2D eigenvalue weighted by Crippen LogP contribution is 2.36. The highest BCUT2D eigenvalue weighted by molar-refractivity contribution is 9.10. The summed E-state index contributed by atoms with van der Waals surface area (Å²) in [5.74, 6) is 1.13. The van der Waals surface area contributed by atoms with Crippen molar-refractivity contribution in [1.29, 1.82) is 0 Å². The zero-order valence-electron chi connectivity index (χ0n) is 9.97. The zero-order chi connectivity index (χ0) is 12.7. The Balaban J connectivity index is 2.11. The Kier molecular flexibility index (Phi) is 2.70. The Labute approximate surface area is 114 Å². The number of nitrogen functional groups attached to an aromatic ring is 1. The van der Waals surface area contributed by atoms with E-state index in [1.165, 1.54) is 11.3 Å². The molecule has 0 amide bonds. The summed E-state index contributed by atoms with van der Waals surface area (Å²) in [7, 11) is 0. The SMILES string of the molecule is CC1Cc2ccccc2N1c1nc(N)cc(Br)n1. The van der Waals surface area contributed by atoms with E-state index in [0.717, 1.165) is 6.42 Å². The van der Waals surface area contributed by atoms with E-state index >= 15 is 0 Å². The number of hydrogen-bond acceptors (Lipinski definition) is 4. The molecule has 2 N–H and O–H groups in total. The molecule has 0 radical (unpaired) electrons. The first-order chi connectivity index (χ1) is 8.65. The van der Waals surface area contributed by atoms with Gasteiger partial charge in [0.05, 0.1) is 0 Å². The molecule has 0 saturated carbocycles. The van der Waals surface area contributed by atoms with Crippen LogP contribution in [0.25, 0.3) is 0 Å². The number of halogens is 1. The molecule has 1 aromatic heterocycles. The molecule has 1 atom stereocenters. The van der Waals surface area contributed by atoms with Crippen LogP contribution >= 0.6 is 15.9 Å². The van der Waals surface area contributed by atoms with E-state index in [2.05, 4.69) is 55.9 Å². The molecule has 5 heteroatoms. The summed E-state index contributed by atoms with van der Waals surface area (Å²) in [5.41, 5.74) is 8.28. The molecule has 0 spiro atoms. The van der Waals surface area contributed by atoms with Gasteiger partial charge in [-0.1, -0.05) is 18.2 Å². The van der Waals surface area contributed by atoms with Gasteiger partial charge in [0, 0.05) is 17.8 Å². The molecule has 18 heavy (non-hydrogen) atoms. The predicted molar refractivity (Wildman–Crippen MR) is 75.9 cm³/mol. The molecular formula is C13H13BrN4. The second-order valence-electron chi connectivity index (χ2n) is 4.47. The van der Waals surface area contributed by atoms with Gasteiger partial charge in [-0.25, -0.2) is 4.98 Å². The maximum Gasteiger partial charge on any atom is 0.233 e. The van der Waals surface area contributed by atoms with Gasteiger partial charge < -0.3 is 10.6 Å². The van der Waals surface area contributed by atoms with Crippen molar-refractivity contribution >= 4 is 33.4 Å². The van der Waals surface area contributed by atoms with Crippen LogP contribution in [0.5, 0.6) is 0 Å². The molecular weight excluding hydrogens is 292 g/mol. The molecule has 4 nitrogen and oxygen atoms in total. The van der Waals surface area contributed by atoms with E-state index in [1.807, 2.05) is 6.07 Å². The summed E-state index contributed by atoms with van der Waals surface area (Å²) >= 11 is 3.36. The second-order valence-corrected chi connectivity index (χ2v) is 5.28. The maximum absolute atomic E-state index is 5.78. The molecule has 0 aliphatic carbocycles. The van der Waals surface area contributed by atoms with Gasteiger partial charge in [0.15, 0.2) is 0 Å². The van der Waals surface area contributed by atoms with Gasteiger partial charge in [-0.3, -0.25) is 0 Å². The van der Waals surface area contributed by atoms with Gasteiger partial charge in [0.1, 0.15) is 10.4 Å². The number of hydrogen-bond donors (Lipinski definition) is 1. The number of nitrogens with two attached hydrogens (primary N) is 1. The van der Waals surface area contributed by atoms with E-state index in [9.17, 15) is 0 Å². The Bertz CT molecular complexity index is 579. The number of fused-ring (bicyclic) bond motifs is 1. The summed E-state index contributed by atoms with van der Waals surface area (Å²) in [6.07, 6.45) is 1.01. The first-order valence-electron chi connectivity index (χ1n) is 5.82. The molecule has 1 aliphatic rings. The third kappa shape index (κ3) is 1.84. The minimum absolute atomic E-state index is 0.344. The van der Waals surface area contributed by atoms with Crippen LogP contribution in [0.2, 0.25) is 0 Å². The van der Waals surface area contributed by atoms with Crippen molar-refractivity contribution in [3.05, 3.63) is 40.5 Å². The molecule has 0 saturated heterocycles. The van der Waals surface area contributed by atoms with Crippen LogP contribution in [0.3, 0.4) is 0 Å². The molecule has 1 aromatic carbocycles. The van der Waals surface area contributed by atoms with Gasteiger partial charge in [-0.15, -0.1) is 0 Å².